The minimum atomic E-state index is -5.17. The summed E-state index contributed by atoms with van der Waals surface area (Å²) in [5.41, 5.74) is 2.18. The number of esters is 1. The van der Waals surface area contributed by atoms with Crippen molar-refractivity contribution < 1.29 is 40.6 Å². The molecule has 124 valence electrons. The van der Waals surface area contributed by atoms with Crippen LogP contribution in [0.3, 0.4) is 0 Å². The average Bonchev–Trinajstić information content (AvgIpc) is 2.35. The number of hydrogen-bond donors (Lipinski definition) is 1. The molecule has 0 radical (unpaired) electrons. The highest BCUT2D eigenvalue weighted by Crippen LogP contribution is 2.35. The van der Waals surface area contributed by atoms with Gasteiger partial charge in [-0.2, -0.15) is 13.2 Å². The molecule has 0 bridgehead atoms. The quantitative estimate of drug-likeness (QED) is 0.676. The van der Waals surface area contributed by atoms with Crippen LogP contribution in [0.1, 0.15) is 16.8 Å². The maximum Gasteiger partial charge on any atom is 0.574 e. The normalized spacial score (nSPS) is 12.2. The minimum Gasteiger partial charge on any atom is -0.469 e. The van der Waals surface area contributed by atoms with E-state index < -0.39 is 54.2 Å². The number of rotatable bonds is 4. The van der Waals surface area contributed by atoms with Crippen LogP contribution in [-0.2, 0) is 28.7 Å². The first-order valence-corrected chi connectivity index (χ1v) is 5.60. The Morgan fingerprint density at radius 1 is 1.27 bits per heavy atom. The second-order valence-electron chi connectivity index (χ2n) is 3.95. The summed E-state index contributed by atoms with van der Waals surface area (Å²) in [7, 11) is 0.914. The van der Waals surface area contributed by atoms with E-state index >= 15 is 0 Å². The Balaban J connectivity index is 3.42. The molecule has 0 saturated carbocycles. The van der Waals surface area contributed by atoms with Gasteiger partial charge >= 0.3 is 18.5 Å². The third-order valence-corrected chi connectivity index (χ3v) is 2.42. The summed E-state index contributed by atoms with van der Waals surface area (Å²) in [6.07, 6.45) is -11.1. The highest BCUT2D eigenvalue weighted by Gasteiger charge is 2.38. The summed E-state index contributed by atoms with van der Waals surface area (Å²) in [6.45, 7) is -0.667. The van der Waals surface area contributed by atoms with Gasteiger partial charge in [0.25, 0.3) is 0 Å². The first-order valence-electron chi connectivity index (χ1n) is 5.60. The first kappa shape index (κ1) is 18.0. The Hall–Kier alpha value is -2.04. The van der Waals surface area contributed by atoms with Crippen molar-refractivity contribution in [2.24, 2.45) is 5.73 Å². The lowest BCUT2D eigenvalue weighted by atomic mass is 10.1. The number of hydrogen-bond acceptors (Lipinski definition) is 5. The van der Waals surface area contributed by atoms with E-state index in [0.717, 1.165) is 7.11 Å². The number of alkyl halides is 6. The molecule has 1 aromatic heterocycles. The molecule has 0 atom stereocenters. The summed E-state index contributed by atoms with van der Waals surface area (Å²) in [6, 6.07) is 0.367. The number of carbonyl (C=O) groups excluding carboxylic acids is 1. The summed E-state index contributed by atoms with van der Waals surface area (Å²) in [5.74, 6) is -2.24. The largest absolute Gasteiger partial charge is 0.574 e. The molecule has 0 fully saturated rings. The van der Waals surface area contributed by atoms with Crippen LogP contribution in [0.25, 0.3) is 0 Å². The highest BCUT2D eigenvalue weighted by atomic mass is 19.4. The zero-order valence-electron chi connectivity index (χ0n) is 11.0. The van der Waals surface area contributed by atoms with Gasteiger partial charge < -0.3 is 15.2 Å². The van der Waals surface area contributed by atoms with Crippen molar-refractivity contribution in [1.82, 2.24) is 4.98 Å². The van der Waals surface area contributed by atoms with Crippen LogP contribution in [0, 0.1) is 0 Å². The van der Waals surface area contributed by atoms with Gasteiger partial charge in [-0.3, -0.25) is 4.79 Å². The van der Waals surface area contributed by atoms with Crippen molar-refractivity contribution in [2.75, 3.05) is 7.11 Å². The Morgan fingerprint density at radius 2 is 1.86 bits per heavy atom. The zero-order valence-corrected chi connectivity index (χ0v) is 11.0. The third-order valence-electron chi connectivity index (χ3n) is 2.42. The van der Waals surface area contributed by atoms with Crippen molar-refractivity contribution in [1.29, 1.82) is 0 Å². The molecular weight excluding hydrogens is 322 g/mol. The lowest BCUT2D eigenvalue weighted by molar-refractivity contribution is -0.276. The number of halogens is 6. The Morgan fingerprint density at radius 3 is 2.27 bits per heavy atom. The predicted molar refractivity (Wildman–Crippen MR) is 59.5 cm³/mol. The molecule has 1 heterocycles. The van der Waals surface area contributed by atoms with E-state index in [4.69, 9.17) is 5.73 Å². The van der Waals surface area contributed by atoms with E-state index in [-0.39, 0.29) is 0 Å². The molecule has 0 aromatic carbocycles. The second-order valence-corrected chi connectivity index (χ2v) is 3.95. The lowest BCUT2D eigenvalue weighted by Crippen LogP contribution is -2.22. The third kappa shape index (κ3) is 4.76. The van der Waals surface area contributed by atoms with Crippen molar-refractivity contribution in [3.05, 3.63) is 22.9 Å². The van der Waals surface area contributed by atoms with E-state index in [1.807, 2.05) is 0 Å². The number of nitrogens with zero attached hydrogens (tertiary/aromatic N) is 1. The van der Waals surface area contributed by atoms with Crippen molar-refractivity contribution in [3.8, 4) is 5.88 Å². The van der Waals surface area contributed by atoms with Gasteiger partial charge in [0.05, 0.1) is 24.8 Å². The fourth-order valence-corrected chi connectivity index (χ4v) is 1.51. The molecule has 0 saturated heterocycles. The van der Waals surface area contributed by atoms with Crippen LogP contribution in [-0.4, -0.2) is 24.4 Å². The topological polar surface area (TPSA) is 74.4 Å². The van der Waals surface area contributed by atoms with Crippen LogP contribution < -0.4 is 10.5 Å². The van der Waals surface area contributed by atoms with Gasteiger partial charge in [0.2, 0.25) is 5.88 Å². The number of pyridine rings is 1. The molecule has 0 spiro atoms. The Kier molecular flexibility index (Phi) is 5.22. The van der Waals surface area contributed by atoms with Crippen LogP contribution >= 0.6 is 0 Å². The number of carbonyl (C=O) groups is 1. The van der Waals surface area contributed by atoms with E-state index in [1.165, 1.54) is 0 Å². The molecule has 0 aliphatic carbocycles. The SMILES string of the molecule is COC(=O)Cc1nc(OC(F)(F)F)c(CN)cc1C(F)(F)F. The molecule has 1 aromatic rings. The lowest BCUT2D eigenvalue weighted by Gasteiger charge is -2.17. The van der Waals surface area contributed by atoms with Gasteiger partial charge in [-0.15, -0.1) is 13.2 Å². The van der Waals surface area contributed by atoms with Gasteiger partial charge in [-0.05, 0) is 6.07 Å². The summed E-state index contributed by atoms with van der Waals surface area (Å²) >= 11 is 0. The van der Waals surface area contributed by atoms with Gasteiger partial charge in [-0.1, -0.05) is 0 Å². The molecule has 0 aliphatic rings. The number of aromatic nitrogens is 1. The fraction of sp³-hybridized carbons (Fsp3) is 0.455. The Bertz CT molecular complexity index is 556. The summed E-state index contributed by atoms with van der Waals surface area (Å²) in [5, 5.41) is 0. The summed E-state index contributed by atoms with van der Waals surface area (Å²) < 4.78 is 83.1. The maximum atomic E-state index is 12.9. The van der Waals surface area contributed by atoms with Crippen LogP contribution in [0.4, 0.5) is 26.3 Å². The molecular formula is C11H10F6N2O3. The monoisotopic (exact) mass is 332 g/mol. The van der Waals surface area contributed by atoms with Gasteiger partial charge in [-0.25, -0.2) is 4.98 Å². The number of methoxy groups -OCH3 is 1. The fourth-order valence-electron chi connectivity index (χ4n) is 1.51. The Labute approximate surface area is 120 Å². The molecule has 0 amide bonds. The highest BCUT2D eigenvalue weighted by molar-refractivity contribution is 5.72. The molecule has 0 aliphatic heterocycles. The van der Waals surface area contributed by atoms with Crippen molar-refractivity contribution in [2.45, 2.75) is 25.5 Å². The zero-order chi connectivity index (χ0) is 17.1. The van der Waals surface area contributed by atoms with Gasteiger partial charge in [0, 0.05) is 12.1 Å². The summed E-state index contributed by atoms with van der Waals surface area (Å²) in [4.78, 5) is 14.2. The predicted octanol–water partition coefficient (Wildman–Crippen LogP) is 2.17. The van der Waals surface area contributed by atoms with E-state index in [9.17, 15) is 31.1 Å². The minimum absolute atomic E-state index is 0.367. The molecule has 2 N–H and O–H groups in total. The van der Waals surface area contributed by atoms with Crippen molar-refractivity contribution >= 4 is 5.97 Å². The molecule has 22 heavy (non-hydrogen) atoms. The maximum absolute atomic E-state index is 12.9. The van der Waals surface area contributed by atoms with Gasteiger partial charge in [0.1, 0.15) is 0 Å². The van der Waals surface area contributed by atoms with E-state index in [1.54, 1.807) is 0 Å². The van der Waals surface area contributed by atoms with Gasteiger partial charge in [0.15, 0.2) is 0 Å². The average molecular weight is 332 g/mol. The molecule has 0 unspecified atom stereocenters. The first-order chi connectivity index (χ1) is 9.97. The van der Waals surface area contributed by atoms with Crippen LogP contribution in [0.5, 0.6) is 5.88 Å². The smallest absolute Gasteiger partial charge is 0.469 e. The van der Waals surface area contributed by atoms with Crippen LogP contribution in [0.2, 0.25) is 0 Å². The molecule has 1 rings (SSSR count). The standard InChI is InChI=1S/C11H10F6N2O3/c1-21-8(20)3-7-6(10(12,13)14)2-5(4-18)9(19-7)22-11(15,16)17/h2H,3-4,18H2,1H3. The van der Waals surface area contributed by atoms with E-state index in [0.29, 0.717) is 6.07 Å². The van der Waals surface area contributed by atoms with Crippen molar-refractivity contribution in [3.63, 3.8) is 0 Å². The number of ether oxygens (including phenoxy) is 2. The molecule has 11 heteroatoms. The second kappa shape index (κ2) is 6.38. The van der Waals surface area contributed by atoms with E-state index in [2.05, 4.69) is 14.5 Å². The van der Waals surface area contributed by atoms with Crippen LogP contribution in [0.15, 0.2) is 6.07 Å². The molecule has 5 nitrogen and oxygen atoms in total. The number of nitrogens with two attached hydrogens (primary N) is 1.